The number of ether oxygens (including phenoxy) is 2. The van der Waals surface area contributed by atoms with E-state index < -0.39 is 18.0 Å². The number of nitriles is 1. The van der Waals surface area contributed by atoms with E-state index in [4.69, 9.17) is 14.7 Å². The van der Waals surface area contributed by atoms with Crippen LogP contribution in [0.4, 0.5) is 0 Å². The van der Waals surface area contributed by atoms with Crippen LogP contribution in [0, 0.1) is 11.3 Å². The van der Waals surface area contributed by atoms with Crippen LogP contribution in [0.5, 0.6) is 0 Å². The zero-order valence-corrected chi connectivity index (χ0v) is 14.0. The number of piperazine rings is 1. The Morgan fingerprint density at radius 3 is 2.79 bits per heavy atom. The Bertz CT molecular complexity index is 538. The fraction of sp³-hybridized carbons (Fsp3) is 0.625. The lowest BCUT2D eigenvalue weighted by atomic mass is 10.1. The summed E-state index contributed by atoms with van der Waals surface area (Å²) in [4.78, 5) is 37.1. The molecular formula is C16H23N3O5. The molecule has 1 fully saturated rings. The van der Waals surface area contributed by atoms with Gasteiger partial charge in [-0.15, -0.1) is 0 Å². The monoisotopic (exact) mass is 337 g/mol. The maximum Gasteiger partial charge on any atom is 0.350 e. The van der Waals surface area contributed by atoms with Crippen molar-refractivity contribution in [3.63, 3.8) is 0 Å². The predicted octanol–water partition coefficient (Wildman–Crippen LogP) is 0.491. The number of nitrogens with zero attached hydrogens (tertiary/aromatic N) is 2. The van der Waals surface area contributed by atoms with E-state index in [-0.39, 0.29) is 24.5 Å². The van der Waals surface area contributed by atoms with Crippen molar-refractivity contribution >= 4 is 17.8 Å². The lowest BCUT2D eigenvalue weighted by molar-refractivity contribution is -0.147. The summed E-state index contributed by atoms with van der Waals surface area (Å²) in [6, 6.07) is 0.947. The Hall–Kier alpha value is -2.56. The van der Waals surface area contributed by atoms with Crippen LogP contribution in [0.3, 0.4) is 0 Å². The molecule has 8 nitrogen and oxygen atoms in total. The minimum Gasteiger partial charge on any atom is -0.466 e. The zero-order chi connectivity index (χ0) is 17.9. The second kappa shape index (κ2) is 10.3. The molecule has 0 bridgehead atoms. The third kappa shape index (κ3) is 5.91. The molecular weight excluding hydrogens is 314 g/mol. The van der Waals surface area contributed by atoms with E-state index in [9.17, 15) is 14.4 Å². The smallest absolute Gasteiger partial charge is 0.350 e. The van der Waals surface area contributed by atoms with Gasteiger partial charge in [0.1, 0.15) is 12.1 Å². The summed E-state index contributed by atoms with van der Waals surface area (Å²) in [5.74, 6) is -1.58. The van der Waals surface area contributed by atoms with Crippen molar-refractivity contribution in [1.82, 2.24) is 10.2 Å². The van der Waals surface area contributed by atoms with Crippen LogP contribution in [0.2, 0.25) is 0 Å². The molecule has 1 unspecified atom stereocenters. The van der Waals surface area contributed by atoms with Crippen molar-refractivity contribution in [2.45, 2.75) is 39.2 Å². The van der Waals surface area contributed by atoms with Crippen molar-refractivity contribution in [3.8, 4) is 6.07 Å². The van der Waals surface area contributed by atoms with Crippen molar-refractivity contribution in [2.24, 2.45) is 0 Å². The second-order valence-electron chi connectivity index (χ2n) is 5.20. The fourth-order valence-corrected chi connectivity index (χ4v) is 2.15. The molecule has 1 amide bonds. The molecule has 8 heteroatoms. The van der Waals surface area contributed by atoms with E-state index in [1.54, 1.807) is 13.0 Å². The van der Waals surface area contributed by atoms with E-state index >= 15 is 0 Å². The van der Waals surface area contributed by atoms with Gasteiger partial charge in [0.25, 0.3) is 0 Å². The highest BCUT2D eigenvalue weighted by atomic mass is 16.5. The van der Waals surface area contributed by atoms with Gasteiger partial charge >= 0.3 is 11.9 Å². The first-order valence-corrected chi connectivity index (χ1v) is 8.01. The number of rotatable bonds is 8. The van der Waals surface area contributed by atoms with E-state index in [2.05, 4.69) is 5.32 Å². The van der Waals surface area contributed by atoms with Gasteiger partial charge in [0.05, 0.1) is 19.6 Å². The minimum absolute atomic E-state index is 0.144. The zero-order valence-electron chi connectivity index (χ0n) is 14.0. The second-order valence-corrected chi connectivity index (χ2v) is 5.20. The van der Waals surface area contributed by atoms with Gasteiger partial charge in [-0.25, -0.2) is 4.79 Å². The van der Waals surface area contributed by atoms with Gasteiger partial charge in [0.15, 0.2) is 5.57 Å². The molecule has 1 atom stereocenters. The number of amides is 1. The van der Waals surface area contributed by atoms with E-state index in [0.29, 0.717) is 19.7 Å². The van der Waals surface area contributed by atoms with Crippen LogP contribution in [0.1, 0.15) is 33.1 Å². The van der Waals surface area contributed by atoms with E-state index in [1.807, 2.05) is 6.92 Å². The summed E-state index contributed by atoms with van der Waals surface area (Å²) in [7, 11) is 0. The molecule has 0 radical (unpaired) electrons. The van der Waals surface area contributed by atoms with Crippen molar-refractivity contribution < 1.29 is 23.9 Å². The van der Waals surface area contributed by atoms with Gasteiger partial charge in [-0.1, -0.05) is 13.3 Å². The first-order chi connectivity index (χ1) is 11.5. The molecule has 0 aliphatic carbocycles. The lowest BCUT2D eigenvalue weighted by Crippen LogP contribution is -2.54. The number of carbonyl (C=O) groups is 3. The summed E-state index contributed by atoms with van der Waals surface area (Å²) in [6.07, 6.45) is 2.79. The molecule has 24 heavy (non-hydrogen) atoms. The molecule has 1 N–H and O–H groups in total. The summed E-state index contributed by atoms with van der Waals surface area (Å²) in [6.45, 7) is 4.81. The number of hydrogen-bond acceptors (Lipinski definition) is 7. The van der Waals surface area contributed by atoms with Crippen molar-refractivity contribution in [2.75, 3.05) is 26.3 Å². The van der Waals surface area contributed by atoms with Gasteiger partial charge in [-0.05, 0) is 13.3 Å². The van der Waals surface area contributed by atoms with Crippen molar-refractivity contribution in [3.05, 3.63) is 11.8 Å². The summed E-state index contributed by atoms with van der Waals surface area (Å²) in [5, 5.41) is 11.8. The fourth-order valence-electron chi connectivity index (χ4n) is 2.15. The third-order valence-corrected chi connectivity index (χ3v) is 3.40. The molecule has 132 valence electrons. The topological polar surface area (TPSA) is 109 Å². The molecule has 1 saturated heterocycles. The highest BCUT2D eigenvalue weighted by Gasteiger charge is 2.31. The number of nitrogens with one attached hydrogen (secondary N) is 1. The summed E-state index contributed by atoms with van der Waals surface area (Å²) in [5.41, 5.74) is -0.212. The lowest BCUT2D eigenvalue weighted by Gasteiger charge is -2.33. The maximum absolute atomic E-state index is 12.0. The Kier molecular flexibility index (Phi) is 8.33. The standard InChI is InChI=1S/C16H23N3O5/c1-3-5-8-24-14(20)9-13-15(21)18-6-7-19(13)11-12(10-17)16(22)23-4-2/h11,13H,3-9H2,1-2H3,(H,18,21)/b12-11+. The molecule has 0 aromatic carbocycles. The van der Waals surface area contributed by atoms with Gasteiger partial charge < -0.3 is 19.7 Å². The molecule has 0 aromatic heterocycles. The third-order valence-electron chi connectivity index (χ3n) is 3.40. The highest BCUT2D eigenvalue weighted by Crippen LogP contribution is 2.13. The van der Waals surface area contributed by atoms with Crippen LogP contribution >= 0.6 is 0 Å². The number of carbonyl (C=O) groups excluding carboxylic acids is 3. The molecule has 1 rings (SSSR count). The number of esters is 2. The highest BCUT2D eigenvalue weighted by molar-refractivity contribution is 5.93. The van der Waals surface area contributed by atoms with Crippen LogP contribution in [0.15, 0.2) is 11.8 Å². The van der Waals surface area contributed by atoms with Crippen molar-refractivity contribution in [1.29, 1.82) is 5.26 Å². The Morgan fingerprint density at radius 1 is 1.42 bits per heavy atom. The van der Waals surface area contributed by atoms with Crippen LogP contribution in [0.25, 0.3) is 0 Å². The Labute approximate surface area is 141 Å². The predicted molar refractivity (Wildman–Crippen MR) is 84.3 cm³/mol. The molecule has 0 spiro atoms. The largest absolute Gasteiger partial charge is 0.466 e. The molecule has 0 aromatic rings. The Balaban J connectivity index is 2.82. The number of unbranched alkanes of at least 4 members (excludes halogenated alkanes) is 1. The van der Waals surface area contributed by atoms with Gasteiger partial charge in [-0.3, -0.25) is 9.59 Å². The van der Waals surface area contributed by atoms with Crippen LogP contribution in [-0.4, -0.2) is 55.1 Å². The van der Waals surface area contributed by atoms with Crippen LogP contribution < -0.4 is 5.32 Å². The number of hydrogen-bond donors (Lipinski definition) is 1. The maximum atomic E-state index is 12.0. The molecule has 1 aliphatic heterocycles. The Morgan fingerprint density at radius 2 is 2.17 bits per heavy atom. The summed E-state index contributed by atoms with van der Waals surface area (Å²) >= 11 is 0. The van der Waals surface area contributed by atoms with E-state index in [0.717, 1.165) is 12.8 Å². The first-order valence-electron chi connectivity index (χ1n) is 8.01. The quantitative estimate of drug-likeness (QED) is 0.297. The van der Waals surface area contributed by atoms with E-state index in [1.165, 1.54) is 11.1 Å². The van der Waals surface area contributed by atoms with Gasteiger partial charge in [0, 0.05) is 19.3 Å². The molecule has 0 saturated carbocycles. The van der Waals surface area contributed by atoms with Gasteiger partial charge in [-0.2, -0.15) is 5.26 Å². The van der Waals surface area contributed by atoms with Gasteiger partial charge in [0.2, 0.25) is 5.91 Å². The molecule has 1 aliphatic rings. The summed E-state index contributed by atoms with van der Waals surface area (Å²) < 4.78 is 9.87. The SMILES string of the molecule is CCCCOC(=O)CC1C(=O)NCCN1/C=C(\C#N)C(=O)OCC. The minimum atomic E-state index is -0.814. The first kappa shape index (κ1) is 19.5. The average Bonchev–Trinajstić information content (AvgIpc) is 2.55. The molecule has 1 heterocycles. The normalized spacial score (nSPS) is 17.7. The average molecular weight is 337 g/mol. The van der Waals surface area contributed by atoms with Crippen LogP contribution in [-0.2, 0) is 23.9 Å².